The molecule has 0 atom stereocenters. The number of rotatable bonds is 3. The molecule has 11 heteroatoms. The zero-order valence-corrected chi connectivity index (χ0v) is 16.0. The lowest BCUT2D eigenvalue weighted by Gasteiger charge is -2.22. The lowest BCUT2D eigenvalue weighted by atomic mass is 10.1. The number of sulfonamides is 1. The minimum absolute atomic E-state index is 0.0333. The molecule has 0 unspecified atom stereocenters. The van der Waals surface area contributed by atoms with E-state index in [9.17, 15) is 18.0 Å². The summed E-state index contributed by atoms with van der Waals surface area (Å²) in [6.45, 7) is 0.340. The first-order chi connectivity index (χ1) is 13.3. The molecule has 4 rings (SSSR count). The average Bonchev–Trinajstić information content (AvgIpc) is 2.96. The van der Waals surface area contributed by atoms with Gasteiger partial charge in [-0.15, -0.1) is 4.40 Å². The topological polar surface area (TPSA) is 134 Å². The third kappa shape index (κ3) is 3.66. The molecule has 0 spiro atoms. The predicted octanol–water partition coefficient (Wildman–Crippen LogP) is 2.04. The van der Waals surface area contributed by atoms with Gasteiger partial charge in [-0.25, -0.2) is 13.2 Å². The van der Waals surface area contributed by atoms with E-state index in [1.165, 1.54) is 11.8 Å². The summed E-state index contributed by atoms with van der Waals surface area (Å²) in [5.74, 6) is -0.368. The highest BCUT2D eigenvalue weighted by atomic mass is 32.2. The van der Waals surface area contributed by atoms with Crippen molar-refractivity contribution < 1.29 is 18.0 Å². The van der Waals surface area contributed by atoms with Crippen LogP contribution in [-0.4, -0.2) is 37.8 Å². The third-order valence-electron chi connectivity index (χ3n) is 4.12. The molecule has 2 aromatic carbocycles. The van der Waals surface area contributed by atoms with E-state index in [4.69, 9.17) is 5.73 Å². The number of nitrogens with two attached hydrogens (primary N) is 1. The van der Waals surface area contributed by atoms with Crippen LogP contribution in [-0.2, 0) is 10.0 Å². The number of urea groups is 1. The van der Waals surface area contributed by atoms with Gasteiger partial charge in [-0.3, -0.25) is 4.79 Å². The predicted molar refractivity (Wildman–Crippen MR) is 108 cm³/mol. The van der Waals surface area contributed by atoms with Crippen molar-refractivity contribution in [1.29, 1.82) is 0 Å². The normalized spacial score (nSPS) is 16.6. The van der Waals surface area contributed by atoms with Crippen molar-refractivity contribution >= 4 is 56.0 Å². The summed E-state index contributed by atoms with van der Waals surface area (Å²) in [5, 5.41) is 5.61. The standard InChI is InChI=1S/C17H15N5O4S2/c18-16(24)20-12-3-1-2-11(9-12)19-15(23)10-4-5-13-14(8-10)27-17-21-28(25,26)7-6-22(13)17/h1-5,8-9H,6-7H2,(H,19,23)(H3,18,20,24). The van der Waals surface area contributed by atoms with Gasteiger partial charge in [0, 0.05) is 28.4 Å². The number of carbonyl (C=O) groups is 2. The number of nitrogens with one attached hydrogen (secondary N) is 2. The monoisotopic (exact) mass is 417 g/mol. The first-order valence-electron chi connectivity index (χ1n) is 8.21. The molecule has 0 aromatic heterocycles. The second kappa shape index (κ2) is 6.84. The molecular weight excluding hydrogens is 402 g/mol. The fourth-order valence-electron chi connectivity index (χ4n) is 2.89. The number of carbonyl (C=O) groups excluding carboxylic acids is 2. The molecule has 0 bridgehead atoms. The van der Waals surface area contributed by atoms with Crippen molar-refractivity contribution in [2.75, 3.05) is 27.8 Å². The molecular formula is C17H15N5O4S2. The van der Waals surface area contributed by atoms with Crippen LogP contribution in [0.25, 0.3) is 0 Å². The highest BCUT2D eigenvalue weighted by Crippen LogP contribution is 2.42. The average molecular weight is 417 g/mol. The summed E-state index contributed by atoms with van der Waals surface area (Å²) in [7, 11) is -3.43. The minimum atomic E-state index is -3.43. The van der Waals surface area contributed by atoms with Gasteiger partial charge < -0.3 is 21.3 Å². The largest absolute Gasteiger partial charge is 0.351 e. The quantitative estimate of drug-likeness (QED) is 0.700. The maximum absolute atomic E-state index is 12.6. The maximum atomic E-state index is 12.6. The Labute approximate surface area is 165 Å². The number of nitrogens with zero attached hydrogens (tertiary/aromatic N) is 2. The van der Waals surface area contributed by atoms with Crippen LogP contribution in [0.3, 0.4) is 0 Å². The van der Waals surface area contributed by atoms with Crippen molar-refractivity contribution in [3.8, 4) is 0 Å². The SMILES string of the molecule is NC(=O)Nc1cccc(NC(=O)c2ccc3c(c2)SC2=NS(=O)(=O)CCN23)c1. The van der Waals surface area contributed by atoms with Gasteiger partial charge in [-0.1, -0.05) is 6.07 Å². The van der Waals surface area contributed by atoms with E-state index >= 15 is 0 Å². The molecule has 2 aromatic rings. The summed E-state index contributed by atoms with van der Waals surface area (Å²) in [5.41, 5.74) is 7.31. The van der Waals surface area contributed by atoms with Crippen LogP contribution in [0.5, 0.6) is 0 Å². The summed E-state index contributed by atoms with van der Waals surface area (Å²) in [6, 6.07) is 11.1. The fourth-order valence-corrected chi connectivity index (χ4v) is 5.19. The number of hydrogen-bond donors (Lipinski definition) is 3. The van der Waals surface area contributed by atoms with Crippen LogP contribution < -0.4 is 21.3 Å². The van der Waals surface area contributed by atoms with Gasteiger partial charge in [0.2, 0.25) is 0 Å². The molecule has 3 amide bonds. The van der Waals surface area contributed by atoms with Gasteiger partial charge >= 0.3 is 6.03 Å². The molecule has 28 heavy (non-hydrogen) atoms. The van der Waals surface area contributed by atoms with Gasteiger partial charge in [0.15, 0.2) is 5.17 Å². The number of amidine groups is 1. The third-order valence-corrected chi connectivity index (χ3v) is 6.43. The zero-order chi connectivity index (χ0) is 19.9. The molecule has 144 valence electrons. The molecule has 4 N–H and O–H groups in total. The first kappa shape index (κ1) is 18.3. The van der Waals surface area contributed by atoms with Gasteiger partial charge in [-0.05, 0) is 48.2 Å². The number of primary amides is 1. The molecule has 0 saturated heterocycles. The summed E-state index contributed by atoms with van der Waals surface area (Å²) >= 11 is 1.22. The smallest absolute Gasteiger partial charge is 0.316 e. The maximum Gasteiger partial charge on any atom is 0.316 e. The molecule has 2 heterocycles. The molecule has 0 radical (unpaired) electrons. The summed E-state index contributed by atoms with van der Waals surface area (Å²) in [4.78, 5) is 26.1. The molecule has 0 saturated carbocycles. The Balaban J connectivity index is 1.54. The van der Waals surface area contributed by atoms with Gasteiger partial charge in [0.05, 0.1) is 11.4 Å². The molecule has 2 aliphatic heterocycles. The van der Waals surface area contributed by atoms with Crippen molar-refractivity contribution in [3.05, 3.63) is 48.0 Å². The Bertz CT molecular complexity index is 1130. The lowest BCUT2D eigenvalue weighted by Crippen LogP contribution is -2.35. The fraction of sp³-hybridized carbons (Fsp3) is 0.118. The molecule has 2 aliphatic rings. The van der Waals surface area contributed by atoms with Crippen molar-refractivity contribution in [1.82, 2.24) is 0 Å². The van der Waals surface area contributed by atoms with E-state index in [1.807, 2.05) is 4.90 Å². The van der Waals surface area contributed by atoms with Crippen molar-refractivity contribution in [2.45, 2.75) is 4.90 Å². The van der Waals surface area contributed by atoms with E-state index in [0.717, 1.165) is 10.6 Å². The van der Waals surface area contributed by atoms with Crippen LogP contribution in [0.15, 0.2) is 51.8 Å². The number of amides is 3. The van der Waals surface area contributed by atoms with E-state index < -0.39 is 16.1 Å². The Morgan fingerprint density at radius 3 is 2.61 bits per heavy atom. The summed E-state index contributed by atoms with van der Waals surface area (Å²) < 4.78 is 27.2. The van der Waals surface area contributed by atoms with Crippen LogP contribution in [0.4, 0.5) is 21.9 Å². The zero-order valence-electron chi connectivity index (χ0n) is 14.4. The Hall–Kier alpha value is -3.05. The second-order valence-electron chi connectivity index (χ2n) is 6.12. The Morgan fingerprint density at radius 2 is 1.86 bits per heavy atom. The molecule has 0 aliphatic carbocycles. The van der Waals surface area contributed by atoms with E-state index in [1.54, 1.807) is 42.5 Å². The van der Waals surface area contributed by atoms with E-state index in [2.05, 4.69) is 15.0 Å². The first-order valence-corrected chi connectivity index (χ1v) is 10.6. The number of benzene rings is 2. The highest BCUT2D eigenvalue weighted by molar-refractivity contribution is 8.15. The van der Waals surface area contributed by atoms with Gasteiger partial charge in [0.1, 0.15) is 0 Å². The number of thioether (sulfide) groups is 1. The molecule has 0 fully saturated rings. The van der Waals surface area contributed by atoms with E-state index in [0.29, 0.717) is 28.7 Å². The van der Waals surface area contributed by atoms with Gasteiger partial charge in [0.25, 0.3) is 15.9 Å². The van der Waals surface area contributed by atoms with Crippen LogP contribution in [0, 0.1) is 0 Å². The Kier molecular flexibility index (Phi) is 4.47. The lowest BCUT2D eigenvalue weighted by molar-refractivity contribution is 0.102. The Morgan fingerprint density at radius 1 is 1.11 bits per heavy atom. The number of hydrogen-bond acceptors (Lipinski definition) is 6. The second-order valence-corrected chi connectivity index (χ2v) is 8.88. The minimum Gasteiger partial charge on any atom is -0.351 e. The highest BCUT2D eigenvalue weighted by Gasteiger charge is 2.33. The van der Waals surface area contributed by atoms with Crippen LogP contribution in [0.2, 0.25) is 0 Å². The van der Waals surface area contributed by atoms with E-state index in [-0.39, 0.29) is 11.7 Å². The van der Waals surface area contributed by atoms with Crippen LogP contribution in [0.1, 0.15) is 10.4 Å². The summed E-state index contributed by atoms with van der Waals surface area (Å²) in [6.07, 6.45) is 0. The number of anilines is 3. The molecule has 9 nitrogen and oxygen atoms in total. The van der Waals surface area contributed by atoms with Crippen molar-refractivity contribution in [2.24, 2.45) is 10.1 Å². The van der Waals surface area contributed by atoms with Crippen LogP contribution >= 0.6 is 11.8 Å². The van der Waals surface area contributed by atoms with Crippen molar-refractivity contribution in [3.63, 3.8) is 0 Å². The van der Waals surface area contributed by atoms with Gasteiger partial charge in [-0.2, -0.15) is 0 Å². The number of fused-ring (bicyclic) bond motifs is 3.